The average molecular weight is 811 g/mol. The zero-order valence-corrected chi connectivity index (χ0v) is 33.2. The molecule has 1 atom stereocenters. The van der Waals surface area contributed by atoms with Gasteiger partial charge in [-0.25, -0.2) is 21.6 Å². The molecule has 17 heteroatoms. The standard InChI is InChI=1S/C37H49F3N6O5S3/c1-28(2)45-24-21-44(22-25-45)19-16-30(27-52-32-8-5-4-6-9-32)41-34-15-14-33(26-35(34)53(48,49)37(38,39)40)54(50,51)42-36(47)29-10-12-31(13-11-29)46-18-7-17-43(3)20-23-46/h4-6,8-15,26,28,30,41H,7,16-25,27H2,1-3H3,(H,42,47)/t30-/m1/s1. The maximum Gasteiger partial charge on any atom is 0.501 e. The van der Waals surface area contributed by atoms with E-state index >= 15 is 0 Å². The van der Waals surface area contributed by atoms with E-state index in [1.165, 1.54) is 23.9 Å². The van der Waals surface area contributed by atoms with Crippen LogP contribution in [0.4, 0.5) is 24.5 Å². The van der Waals surface area contributed by atoms with Crippen LogP contribution in [0.2, 0.25) is 0 Å². The lowest BCUT2D eigenvalue weighted by Gasteiger charge is -2.37. The predicted molar refractivity (Wildman–Crippen MR) is 207 cm³/mol. The number of carbonyl (C=O) groups is 1. The van der Waals surface area contributed by atoms with Crippen molar-refractivity contribution in [1.29, 1.82) is 0 Å². The summed E-state index contributed by atoms with van der Waals surface area (Å²) in [5.41, 5.74) is -5.22. The number of alkyl halides is 3. The van der Waals surface area contributed by atoms with Gasteiger partial charge in [0.2, 0.25) is 0 Å². The monoisotopic (exact) mass is 810 g/mol. The molecule has 0 unspecified atom stereocenters. The Bertz CT molecular complexity index is 1930. The van der Waals surface area contributed by atoms with E-state index in [2.05, 4.69) is 38.8 Å². The van der Waals surface area contributed by atoms with Crippen LogP contribution in [-0.2, 0) is 19.9 Å². The van der Waals surface area contributed by atoms with Crippen LogP contribution >= 0.6 is 11.8 Å². The summed E-state index contributed by atoms with van der Waals surface area (Å²) in [6.07, 6.45) is 1.44. The Balaban J connectivity index is 1.36. The van der Waals surface area contributed by atoms with Gasteiger partial charge in [0.15, 0.2) is 0 Å². The van der Waals surface area contributed by atoms with Crippen molar-refractivity contribution in [2.24, 2.45) is 0 Å². The van der Waals surface area contributed by atoms with Gasteiger partial charge in [0.05, 0.1) is 10.6 Å². The Morgan fingerprint density at radius 2 is 1.54 bits per heavy atom. The van der Waals surface area contributed by atoms with Crippen molar-refractivity contribution in [3.05, 3.63) is 78.4 Å². The van der Waals surface area contributed by atoms with Crippen LogP contribution in [0.1, 0.15) is 37.0 Å². The fourth-order valence-electron chi connectivity index (χ4n) is 6.48. The normalized spacial score (nSPS) is 17.6. The molecule has 0 aromatic heterocycles. The third-order valence-corrected chi connectivity index (χ3v) is 13.8. The summed E-state index contributed by atoms with van der Waals surface area (Å²) in [6.45, 7) is 11.7. The van der Waals surface area contributed by atoms with Gasteiger partial charge in [-0.05, 0) is 94.9 Å². The number of benzene rings is 3. The number of rotatable bonds is 14. The molecule has 3 aromatic rings. The summed E-state index contributed by atoms with van der Waals surface area (Å²) in [7, 11) is -8.77. The van der Waals surface area contributed by atoms with Crippen molar-refractivity contribution >= 4 is 48.9 Å². The van der Waals surface area contributed by atoms with E-state index in [9.17, 15) is 34.8 Å². The van der Waals surface area contributed by atoms with Gasteiger partial charge in [0, 0.05) is 86.3 Å². The number of nitrogens with one attached hydrogen (secondary N) is 2. The number of anilines is 2. The Hall–Kier alpha value is -3.35. The van der Waals surface area contributed by atoms with E-state index in [1.807, 2.05) is 42.1 Å². The minimum Gasteiger partial charge on any atom is -0.380 e. The maximum atomic E-state index is 14.1. The quantitative estimate of drug-likeness (QED) is 0.208. The molecule has 0 bridgehead atoms. The Labute approximate surface area is 321 Å². The zero-order valence-electron chi connectivity index (χ0n) is 30.8. The highest BCUT2D eigenvalue weighted by molar-refractivity contribution is 7.99. The number of thioether (sulfide) groups is 1. The molecule has 11 nitrogen and oxygen atoms in total. The van der Waals surface area contributed by atoms with Gasteiger partial charge < -0.3 is 20.0 Å². The van der Waals surface area contributed by atoms with Crippen LogP contribution < -0.4 is 14.9 Å². The molecule has 5 rings (SSSR count). The first-order valence-electron chi connectivity index (χ1n) is 18.0. The van der Waals surface area contributed by atoms with E-state index in [0.717, 1.165) is 81.5 Å². The summed E-state index contributed by atoms with van der Waals surface area (Å²) in [5, 5.41) is 3.02. The number of amides is 1. The number of likely N-dealkylation sites (N-methyl/N-ethyl adjacent to an activating group) is 1. The first-order valence-corrected chi connectivity index (χ1v) is 22.0. The fourth-order valence-corrected chi connectivity index (χ4v) is 9.49. The van der Waals surface area contributed by atoms with E-state index in [0.29, 0.717) is 30.8 Å². The van der Waals surface area contributed by atoms with Crippen molar-refractivity contribution in [1.82, 2.24) is 19.4 Å². The van der Waals surface area contributed by atoms with E-state index < -0.39 is 47.1 Å². The minimum atomic E-state index is -6.02. The lowest BCUT2D eigenvalue weighted by atomic mass is 10.2. The van der Waals surface area contributed by atoms with Gasteiger partial charge in [-0.2, -0.15) is 13.2 Å². The van der Waals surface area contributed by atoms with Crippen LogP contribution in [0.25, 0.3) is 0 Å². The van der Waals surface area contributed by atoms with Gasteiger partial charge in [0.1, 0.15) is 4.90 Å². The molecular weight excluding hydrogens is 762 g/mol. The number of halogens is 3. The first-order chi connectivity index (χ1) is 25.5. The average Bonchev–Trinajstić information content (AvgIpc) is 3.36. The molecule has 2 fully saturated rings. The number of hydrogen-bond acceptors (Lipinski definition) is 11. The highest BCUT2D eigenvalue weighted by atomic mass is 32.2. The number of carbonyl (C=O) groups excluding carboxylic acids is 1. The highest BCUT2D eigenvalue weighted by Crippen LogP contribution is 2.37. The molecular formula is C37H49F3N6O5S3. The SMILES string of the molecule is CC(C)N1CCN(CC[C@H](CSc2ccccc2)Nc2ccc(S(=O)(=O)NC(=O)c3ccc(N4CCCN(C)CC4)cc3)cc2S(=O)(=O)C(F)(F)F)CC1. The fraction of sp³-hybridized carbons (Fsp3) is 0.486. The second-order valence-electron chi connectivity index (χ2n) is 14.0. The molecule has 54 heavy (non-hydrogen) atoms. The summed E-state index contributed by atoms with van der Waals surface area (Å²) >= 11 is 1.47. The van der Waals surface area contributed by atoms with E-state index in [1.54, 1.807) is 12.1 Å². The summed E-state index contributed by atoms with van der Waals surface area (Å²) < 4.78 is 97.0. The van der Waals surface area contributed by atoms with Gasteiger partial charge in [-0.1, -0.05) is 18.2 Å². The van der Waals surface area contributed by atoms with Gasteiger partial charge in [-0.3, -0.25) is 9.69 Å². The zero-order chi connectivity index (χ0) is 39.1. The summed E-state index contributed by atoms with van der Waals surface area (Å²) in [5.74, 6) is -0.614. The Morgan fingerprint density at radius 3 is 2.19 bits per heavy atom. The van der Waals surface area contributed by atoms with Crippen molar-refractivity contribution in [2.45, 2.75) is 59.0 Å². The molecule has 2 aliphatic rings. The van der Waals surface area contributed by atoms with Gasteiger partial charge >= 0.3 is 5.51 Å². The summed E-state index contributed by atoms with van der Waals surface area (Å²) in [6, 6.07) is 18.2. The molecule has 2 saturated heterocycles. The molecule has 296 valence electrons. The Kier molecular flexibility index (Phi) is 14.0. The second kappa shape index (κ2) is 18.1. The molecule has 0 saturated carbocycles. The summed E-state index contributed by atoms with van der Waals surface area (Å²) in [4.78, 5) is 21.0. The van der Waals surface area contributed by atoms with Gasteiger partial charge in [-0.15, -0.1) is 11.8 Å². The van der Waals surface area contributed by atoms with Crippen molar-refractivity contribution in [3.63, 3.8) is 0 Å². The predicted octanol–water partition coefficient (Wildman–Crippen LogP) is 5.23. The molecule has 2 heterocycles. The number of hydrogen-bond donors (Lipinski definition) is 2. The lowest BCUT2D eigenvalue weighted by molar-refractivity contribution is -0.0435. The third-order valence-electron chi connectivity index (χ3n) is 9.78. The van der Waals surface area contributed by atoms with Crippen LogP contribution in [0.15, 0.2) is 87.5 Å². The van der Waals surface area contributed by atoms with E-state index in [-0.39, 0.29) is 11.3 Å². The lowest BCUT2D eigenvalue weighted by Crippen LogP contribution is -2.49. The molecule has 1 amide bonds. The van der Waals surface area contributed by atoms with Crippen LogP contribution in [0.5, 0.6) is 0 Å². The van der Waals surface area contributed by atoms with Crippen molar-refractivity contribution in [3.8, 4) is 0 Å². The number of piperazine rings is 1. The van der Waals surface area contributed by atoms with Crippen molar-refractivity contribution in [2.75, 3.05) is 81.9 Å². The number of sulfonamides is 1. The minimum absolute atomic E-state index is 0.0139. The molecule has 2 N–H and O–H groups in total. The Morgan fingerprint density at radius 1 is 0.852 bits per heavy atom. The second-order valence-corrected chi connectivity index (χ2v) is 18.6. The molecule has 0 radical (unpaired) electrons. The smallest absolute Gasteiger partial charge is 0.380 e. The molecule has 3 aromatic carbocycles. The number of nitrogens with zero attached hydrogens (tertiary/aromatic N) is 4. The molecule has 2 aliphatic heterocycles. The van der Waals surface area contributed by atoms with Crippen LogP contribution in [0, 0.1) is 0 Å². The molecule has 0 spiro atoms. The van der Waals surface area contributed by atoms with E-state index in [4.69, 9.17) is 0 Å². The first kappa shape index (κ1) is 41.8. The maximum absolute atomic E-state index is 14.1. The van der Waals surface area contributed by atoms with Crippen molar-refractivity contribution < 1.29 is 34.8 Å². The number of sulfone groups is 1. The van der Waals surface area contributed by atoms with Gasteiger partial charge in [0.25, 0.3) is 25.8 Å². The highest BCUT2D eigenvalue weighted by Gasteiger charge is 2.48. The van der Waals surface area contributed by atoms with Crippen LogP contribution in [-0.4, -0.2) is 127 Å². The third kappa shape index (κ3) is 10.9. The van der Waals surface area contributed by atoms with Crippen LogP contribution in [0.3, 0.4) is 0 Å². The topological polar surface area (TPSA) is 122 Å². The largest absolute Gasteiger partial charge is 0.501 e. The molecule has 0 aliphatic carbocycles.